The summed E-state index contributed by atoms with van der Waals surface area (Å²) in [5.41, 5.74) is -6.48. The van der Waals surface area contributed by atoms with Crippen LogP contribution in [0.4, 0.5) is 17.6 Å². The van der Waals surface area contributed by atoms with E-state index in [0.29, 0.717) is 97.6 Å². The summed E-state index contributed by atoms with van der Waals surface area (Å²) in [4.78, 5) is 110. The van der Waals surface area contributed by atoms with Gasteiger partial charge in [-0.3, -0.25) is 28.8 Å². The van der Waals surface area contributed by atoms with Crippen LogP contribution in [0, 0.1) is 112 Å². The van der Waals surface area contributed by atoms with E-state index < -0.39 is 131 Å². The standard InChI is InChI=1S/C27H33F4IO6.C19H32O2.C16H26O4.C14H20O4.C13H24O2.C10H16O4.12CH4/c1-4-23(2,3)21(33)37-32(20-8-6-5-7-9-20)38-22(34)24-12-17-10-18(13-24)27(19(11-17)14-24)35-15-25(28,29)26(30,31)16-36-27;1-6-18(4,5)17(20)21-19(12(2)3)15-8-13-7-14(10-15)11-16(19)9-13;1-4-13(2,3)12(17)20-16-7-11-5-14(18,9-16)8-15(19,6-11)10-16;1-4-14(2,3)13(16)18-10-7-5-8-9(6-7)12(15)17-11(8)10;1-5-12(3,4)11(14)15-13(6-2)9-7-8-10-13;1-4-10(2,3)9(12)14-7-5-6-13-8(7)11;;;;;;;;;;;;/h5-9,17-19H,4,10-16H2,1-3H3;12-16H,6-11H2,1-5H3;11,18-19H,4-10H2,1-3H3;7-11H,4-6H2,1-3H3;5-10H2,1-4H3;7H,4-6H2,1-3H3;12*1H4. The molecule has 1 spiro atoms. The molecule has 15 saturated carbocycles. The number of carbonyl (C=O) groups excluding carboxylic acids is 9. The molecule has 138 heavy (non-hydrogen) atoms. The number of halogens is 5. The zero-order valence-corrected chi connectivity index (χ0v) is 81.5. The number of benzene rings is 1. The minimum absolute atomic E-state index is 0. The Kier molecular flexibility index (Phi) is 49.1. The van der Waals surface area contributed by atoms with E-state index >= 15 is 0 Å². The third-order valence-electron chi connectivity index (χ3n) is 33.2. The number of hydrogen-bond acceptors (Lipinski definition) is 22. The van der Waals surface area contributed by atoms with E-state index in [1.807, 2.05) is 96.1 Å². The number of carbonyl (C=O) groups is 9. The van der Waals surface area contributed by atoms with Gasteiger partial charge in [0.2, 0.25) is 6.10 Å². The molecule has 10 unspecified atom stereocenters. The Morgan fingerprint density at radius 1 is 0.464 bits per heavy atom. The molecular formula is C111H199F4IO22. The minimum atomic E-state index is -4.34. The molecule has 18 fully saturated rings. The third kappa shape index (κ3) is 27.9. The molecule has 2 N–H and O–H groups in total. The van der Waals surface area contributed by atoms with Crippen molar-refractivity contribution in [1.82, 2.24) is 0 Å². The van der Waals surface area contributed by atoms with Gasteiger partial charge < -0.3 is 43.4 Å². The summed E-state index contributed by atoms with van der Waals surface area (Å²) in [6, 6.07) is 8.93. The van der Waals surface area contributed by atoms with E-state index in [1.165, 1.54) is 44.9 Å². The molecule has 22 nitrogen and oxygen atoms in total. The van der Waals surface area contributed by atoms with Crippen LogP contribution < -0.4 is 0 Å². The van der Waals surface area contributed by atoms with Crippen molar-refractivity contribution in [2.24, 2.45) is 109 Å². The van der Waals surface area contributed by atoms with Crippen LogP contribution in [0.5, 0.6) is 0 Å². The Labute approximate surface area is 842 Å². The predicted octanol–water partition coefficient (Wildman–Crippen LogP) is 28.1. The quantitative estimate of drug-likeness (QED) is 0.0445. The monoisotopic (exact) mass is 2090 g/mol. The van der Waals surface area contributed by atoms with Crippen LogP contribution in [0.2, 0.25) is 0 Å². The molecule has 1 aromatic carbocycles. The maximum Gasteiger partial charge on any atom is 0.312 e. The smallest absolute Gasteiger partial charge is 0.312 e. The Hall–Kier alpha value is -5.26. The predicted molar refractivity (Wildman–Crippen MR) is 550 cm³/mol. The van der Waals surface area contributed by atoms with Gasteiger partial charge in [-0.25, -0.2) is 4.79 Å². The second-order valence-corrected chi connectivity index (χ2v) is 48.4. The maximum absolute atomic E-state index is 14.1. The Balaban J connectivity index is 0. The number of alkyl halides is 4. The maximum atomic E-state index is 14.1. The summed E-state index contributed by atoms with van der Waals surface area (Å²) >= 11 is -3.22. The Bertz CT molecular complexity index is 3990. The van der Waals surface area contributed by atoms with Crippen molar-refractivity contribution in [1.29, 1.82) is 0 Å². The topological polar surface area (TPSA) is 296 Å². The molecule has 15 aliphatic carbocycles. The largest absolute Gasteiger partial charge is 0.459 e. The molecule has 14 bridgehead atoms. The van der Waals surface area contributed by atoms with Crippen LogP contribution in [0.1, 0.15) is 427 Å². The molecule has 0 amide bonds. The fourth-order valence-electron chi connectivity index (χ4n) is 23.4. The number of rotatable bonds is 23. The first-order valence-electron chi connectivity index (χ1n) is 47.7. The van der Waals surface area contributed by atoms with Gasteiger partial charge in [0, 0.05) is 37.5 Å². The van der Waals surface area contributed by atoms with Gasteiger partial charge in [-0.2, -0.15) is 0 Å². The minimum Gasteiger partial charge on any atom is -0.459 e. The third-order valence-corrected chi connectivity index (χ3v) is 36.5. The van der Waals surface area contributed by atoms with Crippen molar-refractivity contribution in [3.05, 3.63) is 33.9 Å². The summed E-state index contributed by atoms with van der Waals surface area (Å²) < 4.78 is 119. The summed E-state index contributed by atoms with van der Waals surface area (Å²) in [5.74, 6) is -8.77. The molecule has 0 radical (unpaired) electrons. The second kappa shape index (κ2) is 50.2. The molecule has 3 saturated heterocycles. The van der Waals surface area contributed by atoms with E-state index in [0.717, 1.165) is 88.9 Å². The van der Waals surface area contributed by atoms with E-state index in [-0.39, 0.29) is 190 Å². The van der Waals surface area contributed by atoms with Gasteiger partial charge in [0.25, 0.3) is 0 Å². The molecule has 19 rings (SSSR count). The molecule has 18 aliphatic rings. The zero-order valence-electron chi connectivity index (χ0n) is 79.3. The molecule has 3 heterocycles. The number of esters is 7. The average molecular weight is 2090 g/mol. The number of fused-ring (bicyclic) bond motifs is 1. The van der Waals surface area contributed by atoms with Crippen molar-refractivity contribution in [2.45, 2.75) is 491 Å². The normalized spacial score (nSPS) is 31.9. The summed E-state index contributed by atoms with van der Waals surface area (Å²) in [7, 11) is 0. The first-order valence-corrected chi connectivity index (χ1v) is 50.5. The van der Waals surface area contributed by atoms with Crippen molar-refractivity contribution in [2.75, 3.05) is 19.8 Å². The number of cyclic esters (lactones) is 1. The van der Waals surface area contributed by atoms with Crippen molar-refractivity contribution in [3.63, 3.8) is 0 Å². The van der Waals surface area contributed by atoms with Gasteiger partial charge in [-0.05, 0) is 233 Å². The molecule has 1 aromatic rings. The SMILES string of the molecule is C.C.C.C.C.C.C.C.C.C.C.C.CCC(C)(C)C(=O)OC1(C(C)C)C2CC3CC(C2)CC1C3.CCC(C)(C)C(=O)OC12CC3CC(O)(CC(O)(C3)C1)C2.CCC(C)(C)C(=O)OC1C2CC3C(=O)OC1C3C2.CCC(C)(C)C(=O)OC1CCOC1=O.CCC(C)(C)C(=O)OI(OC(=O)C12CC3CC(C1)C1(OCC(F)(F)C(F)(F)CO1)C(C3)C2)c1ccccc1.CCC1(OC(=O)C(C)(C)CC)CCCC1. The van der Waals surface area contributed by atoms with Crippen LogP contribution in [0.3, 0.4) is 0 Å². The van der Waals surface area contributed by atoms with Gasteiger partial charge >= 0.3 is 270 Å². The summed E-state index contributed by atoms with van der Waals surface area (Å²) in [6.45, 7) is 38.7. The zero-order chi connectivity index (χ0) is 93.2. The van der Waals surface area contributed by atoms with Crippen LogP contribution >= 0.6 is 20.6 Å². The molecular weight excluding hydrogens is 1890 g/mol. The number of hydrogen-bond donors (Lipinski definition) is 2. The average Bonchev–Trinajstić information content (AvgIpc) is 1.29. The van der Waals surface area contributed by atoms with E-state index in [4.69, 9.17) is 48.8 Å². The number of aliphatic hydroxyl groups is 2. The molecule has 10 atom stereocenters. The van der Waals surface area contributed by atoms with Crippen LogP contribution in [0.15, 0.2) is 30.3 Å². The van der Waals surface area contributed by atoms with Crippen molar-refractivity contribution >= 4 is 74.4 Å². The Morgan fingerprint density at radius 3 is 1.30 bits per heavy atom. The van der Waals surface area contributed by atoms with E-state index in [2.05, 4.69) is 27.7 Å². The molecule has 3 aliphatic heterocycles. The first kappa shape index (κ1) is 135. The fraction of sp³-hybridized carbons (Fsp3) is 0.865. The van der Waals surface area contributed by atoms with Gasteiger partial charge in [-0.15, -0.1) is 0 Å². The van der Waals surface area contributed by atoms with Crippen molar-refractivity contribution < 1.29 is 120 Å². The number of ether oxygens (including phenoxy) is 9. The van der Waals surface area contributed by atoms with E-state index in [1.54, 1.807) is 52.0 Å². The van der Waals surface area contributed by atoms with Gasteiger partial charge in [0.05, 0.1) is 50.8 Å². The molecule has 810 valence electrons. The van der Waals surface area contributed by atoms with Crippen LogP contribution in [-0.4, -0.2) is 148 Å². The Morgan fingerprint density at radius 2 is 0.884 bits per heavy atom. The first-order chi connectivity index (χ1) is 58.5. The fourth-order valence-corrected chi connectivity index (χ4v) is 26.7. The second-order valence-electron chi connectivity index (χ2n) is 45.0. The summed E-state index contributed by atoms with van der Waals surface area (Å²) in [5, 5.41) is 21.3. The van der Waals surface area contributed by atoms with Crippen LogP contribution in [0.25, 0.3) is 0 Å². The van der Waals surface area contributed by atoms with Gasteiger partial charge in [0.1, 0.15) is 29.0 Å². The van der Waals surface area contributed by atoms with Crippen LogP contribution in [-0.2, 0) is 91.9 Å². The van der Waals surface area contributed by atoms with Gasteiger partial charge in [0.15, 0.2) is 0 Å². The summed E-state index contributed by atoms with van der Waals surface area (Å²) in [6.07, 6.45) is 23.5. The van der Waals surface area contributed by atoms with E-state index in [9.17, 15) is 70.9 Å². The van der Waals surface area contributed by atoms with Crippen molar-refractivity contribution in [3.8, 4) is 0 Å². The van der Waals surface area contributed by atoms with Gasteiger partial charge in [-0.1, -0.05) is 145 Å². The molecule has 27 heteroatoms. The molecule has 0 aromatic heterocycles.